The molecule has 2 rings (SSSR count). The summed E-state index contributed by atoms with van der Waals surface area (Å²) in [6, 6.07) is 4.57. The molecule has 1 N–H and O–H groups in total. The SMILES string of the molecule is CCNC(Cc1ccc(CC)cn1)c1cn(C)nc1C. The molecule has 0 radical (unpaired) electrons. The lowest BCUT2D eigenvalue weighted by Gasteiger charge is -2.17. The first-order valence-electron chi connectivity index (χ1n) is 7.31. The third kappa shape index (κ3) is 3.45. The Balaban J connectivity index is 2.18. The topological polar surface area (TPSA) is 42.7 Å². The molecule has 20 heavy (non-hydrogen) atoms. The van der Waals surface area contributed by atoms with Crippen molar-refractivity contribution in [3.8, 4) is 0 Å². The Bertz CT molecular complexity index is 542. The van der Waals surface area contributed by atoms with Crippen LogP contribution in [0, 0.1) is 6.92 Å². The quantitative estimate of drug-likeness (QED) is 0.879. The van der Waals surface area contributed by atoms with E-state index in [9.17, 15) is 0 Å². The van der Waals surface area contributed by atoms with Gasteiger partial charge in [0.25, 0.3) is 0 Å². The van der Waals surface area contributed by atoms with Crippen LogP contribution in [0.5, 0.6) is 0 Å². The molecule has 0 amide bonds. The predicted octanol–water partition coefficient (Wildman–Crippen LogP) is 2.58. The molecule has 2 heterocycles. The van der Waals surface area contributed by atoms with Crippen molar-refractivity contribution >= 4 is 0 Å². The Morgan fingerprint density at radius 1 is 1.30 bits per heavy atom. The van der Waals surface area contributed by atoms with E-state index in [1.165, 1.54) is 11.1 Å². The van der Waals surface area contributed by atoms with Gasteiger partial charge in [-0.15, -0.1) is 0 Å². The van der Waals surface area contributed by atoms with E-state index < -0.39 is 0 Å². The molecule has 1 unspecified atom stereocenters. The monoisotopic (exact) mass is 272 g/mol. The van der Waals surface area contributed by atoms with Crippen LogP contribution in [0.2, 0.25) is 0 Å². The van der Waals surface area contributed by atoms with Crippen molar-refractivity contribution in [3.63, 3.8) is 0 Å². The maximum Gasteiger partial charge on any atom is 0.0641 e. The summed E-state index contributed by atoms with van der Waals surface area (Å²) >= 11 is 0. The molecule has 0 aliphatic carbocycles. The van der Waals surface area contributed by atoms with Crippen molar-refractivity contribution in [1.82, 2.24) is 20.1 Å². The molecule has 108 valence electrons. The fourth-order valence-corrected chi connectivity index (χ4v) is 2.49. The molecule has 0 saturated carbocycles. The Kier molecular flexibility index (Phi) is 4.90. The van der Waals surface area contributed by atoms with Crippen LogP contribution in [-0.2, 0) is 19.9 Å². The van der Waals surface area contributed by atoms with E-state index >= 15 is 0 Å². The van der Waals surface area contributed by atoms with Gasteiger partial charge in [-0.25, -0.2) is 0 Å². The second kappa shape index (κ2) is 6.66. The summed E-state index contributed by atoms with van der Waals surface area (Å²) in [5.41, 5.74) is 4.75. The van der Waals surface area contributed by atoms with Crippen LogP contribution < -0.4 is 5.32 Å². The molecule has 4 heteroatoms. The zero-order valence-electron chi connectivity index (χ0n) is 12.8. The molecule has 2 aromatic heterocycles. The fraction of sp³-hybridized carbons (Fsp3) is 0.500. The number of nitrogens with one attached hydrogen (secondary N) is 1. The molecule has 1 atom stereocenters. The van der Waals surface area contributed by atoms with Crippen LogP contribution in [0.3, 0.4) is 0 Å². The van der Waals surface area contributed by atoms with Crippen LogP contribution in [-0.4, -0.2) is 21.3 Å². The van der Waals surface area contributed by atoms with Gasteiger partial charge in [0.05, 0.1) is 5.69 Å². The number of pyridine rings is 1. The van der Waals surface area contributed by atoms with E-state index in [1.54, 1.807) is 0 Å². The number of aryl methyl sites for hydroxylation is 3. The highest BCUT2D eigenvalue weighted by molar-refractivity contribution is 5.23. The standard InChI is InChI=1S/C16H24N4/c1-5-13-7-8-14(18-10-13)9-16(17-6-2)15-11-20(4)19-12(15)3/h7-8,10-11,16-17H,5-6,9H2,1-4H3. The van der Waals surface area contributed by atoms with Gasteiger partial charge in [-0.2, -0.15) is 5.10 Å². The first kappa shape index (κ1) is 14.7. The molecule has 4 nitrogen and oxygen atoms in total. The van der Waals surface area contributed by atoms with Crippen LogP contribution in [0.1, 0.15) is 42.4 Å². The Morgan fingerprint density at radius 2 is 2.10 bits per heavy atom. The predicted molar refractivity (Wildman–Crippen MR) is 81.7 cm³/mol. The van der Waals surface area contributed by atoms with Crippen molar-refractivity contribution < 1.29 is 0 Å². The lowest BCUT2D eigenvalue weighted by atomic mass is 10.0. The first-order valence-corrected chi connectivity index (χ1v) is 7.31. The number of hydrogen-bond donors (Lipinski definition) is 1. The van der Waals surface area contributed by atoms with Crippen molar-refractivity contribution in [2.75, 3.05) is 6.54 Å². The highest BCUT2D eigenvalue weighted by Gasteiger charge is 2.16. The van der Waals surface area contributed by atoms with E-state index in [1.807, 2.05) is 17.9 Å². The molecule has 2 aromatic rings. The molecular weight excluding hydrogens is 248 g/mol. The zero-order valence-corrected chi connectivity index (χ0v) is 12.8. The number of hydrogen-bond acceptors (Lipinski definition) is 3. The largest absolute Gasteiger partial charge is 0.310 e. The second-order valence-electron chi connectivity index (χ2n) is 5.17. The average molecular weight is 272 g/mol. The van der Waals surface area contributed by atoms with Gasteiger partial charge < -0.3 is 5.32 Å². The Labute approximate surface area is 121 Å². The number of aromatic nitrogens is 3. The van der Waals surface area contributed by atoms with Gasteiger partial charge in [0, 0.05) is 43.2 Å². The minimum absolute atomic E-state index is 0.272. The van der Waals surface area contributed by atoms with Crippen molar-refractivity contribution in [2.24, 2.45) is 7.05 Å². The molecule has 0 fully saturated rings. The van der Waals surface area contributed by atoms with Gasteiger partial charge in [-0.1, -0.05) is 19.9 Å². The lowest BCUT2D eigenvalue weighted by molar-refractivity contribution is 0.541. The van der Waals surface area contributed by atoms with Crippen LogP contribution in [0.4, 0.5) is 0 Å². The van der Waals surface area contributed by atoms with Crippen molar-refractivity contribution in [3.05, 3.63) is 47.0 Å². The van der Waals surface area contributed by atoms with E-state index in [2.05, 4.69) is 54.5 Å². The summed E-state index contributed by atoms with van der Waals surface area (Å²) in [7, 11) is 1.97. The maximum absolute atomic E-state index is 4.57. The smallest absolute Gasteiger partial charge is 0.0641 e. The average Bonchev–Trinajstić information content (AvgIpc) is 2.78. The molecule has 0 aliphatic rings. The summed E-state index contributed by atoms with van der Waals surface area (Å²) in [6.45, 7) is 7.28. The highest BCUT2D eigenvalue weighted by Crippen LogP contribution is 2.20. The third-order valence-electron chi connectivity index (χ3n) is 3.58. The van der Waals surface area contributed by atoms with Gasteiger partial charge in [-0.05, 0) is 31.5 Å². The van der Waals surface area contributed by atoms with Crippen molar-refractivity contribution in [1.29, 1.82) is 0 Å². The lowest BCUT2D eigenvalue weighted by Crippen LogP contribution is -2.23. The van der Waals surface area contributed by atoms with Gasteiger partial charge >= 0.3 is 0 Å². The van der Waals surface area contributed by atoms with E-state index in [0.717, 1.165) is 30.8 Å². The fourth-order valence-electron chi connectivity index (χ4n) is 2.49. The number of rotatable bonds is 6. The Hall–Kier alpha value is -1.68. The van der Waals surface area contributed by atoms with Crippen LogP contribution >= 0.6 is 0 Å². The summed E-state index contributed by atoms with van der Waals surface area (Å²) in [5.74, 6) is 0. The Morgan fingerprint density at radius 3 is 2.60 bits per heavy atom. The summed E-state index contributed by atoms with van der Waals surface area (Å²) in [4.78, 5) is 4.57. The highest BCUT2D eigenvalue weighted by atomic mass is 15.3. The van der Waals surface area contributed by atoms with E-state index in [0.29, 0.717) is 0 Å². The molecule has 0 spiro atoms. The van der Waals surface area contributed by atoms with Crippen molar-refractivity contribution in [2.45, 2.75) is 39.7 Å². The molecule has 0 bridgehead atoms. The minimum atomic E-state index is 0.272. The summed E-state index contributed by atoms with van der Waals surface area (Å²) in [5, 5.41) is 7.98. The zero-order chi connectivity index (χ0) is 14.5. The van der Waals surface area contributed by atoms with E-state index in [-0.39, 0.29) is 6.04 Å². The van der Waals surface area contributed by atoms with Crippen LogP contribution in [0.15, 0.2) is 24.5 Å². The second-order valence-corrected chi connectivity index (χ2v) is 5.17. The minimum Gasteiger partial charge on any atom is -0.310 e. The van der Waals surface area contributed by atoms with Gasteiger partial charge in [0.2, 0.25) is 0 Å². The molecule has 0 saturated heterocycles. The molecular formula is C16H24N4. The number of likely N-dealkylation sites (N-methyl/N-ethyl adjacent to an activating group) is 1. The summed E-state index contributed by atoms with van der Waals surface area (Å²) < 4.78 is 1.88. The van der Waals surface area contributed by atoms with E-state index in [4.69, 9.17) is 0 Å². The first-order chi connectivity index (χ1) is 9.63. The van der Waals surface area contributed by atoms with Gasteiger partial charge in [-0.3, -0.25) is 9.67 Å². The third-order valence-corrected chi connectivity index (χ3v) is 3.58. The van der Waals surface area contributed by atoms with Gasteiger partial charge in [0.1, 0.15) is 0 Å². The molecule has 0 aromatic carbocycles. The normalized spacial score (nSPS) is 12.6. The maximum atomic E-state index is 4.57. The number of nitrogens with zero attached hydrogens (tertiary/aromatic N) is 3. The molecule has 0 aliphatic heterocycles. The van der Waals surface area contributed by atoms with Gasteiger partial charge in [0.15, 0.2) is 0 Å². The summed E-state index contributed by atoms with van der Waals surface area (Å²) in [6.07, 6.45) is 6.01. The van der Waals surface area contributed by atoms with Crippen LogP contribution in [0.25, 0.3) is 0 Å².